The molecule has 2 N–H and O–H groups in total. The first kappa shape index (κ1) is 75.4. The lowest BCUT2D eigenvalue weighted by Gasteiger charge is -2.27. The molecule has 0 aromatic heterocycles. The Morgan fingerprint density at radius 1 is 0.456 bits per heavy atom. The summed E-state index contributed by atoms with van der Waals surface area (Å²) >= 11 is 0. The summed E-state index contributed by atoms with van der Waals surface area (Å²) in [5.41, 5.74) is 0. The number of nitrogens with one attached hydrogen (secondary N) is 1. The van der Waals surface area contributed by atoms with E-state index in [4.69, 9.17) is 13.8 Å². The SMILES string of the molecule is CC/C=C\C/C=C\C/C=C\C/C=C\C/C=C\C/C=C\CCCCCCC(=O)NC(COP(=O)(O)OCC[N+](C)(C)C)C(/C=C\CCCCCCCCCCCCC)OC(=O)CCCCCC/C=C\C/C=C\C/C=C\CCCCC. The molecule has 0 saturated heterocycles. The lowest BCUT2D eigenvalue weighted by atomic mass is 10.0. The zero-order valence-electron chi connectivity index (χ0n) is 51.6. The maximum atomic E-state index is 13.6. The molecule has 0 radical (unpaired) electrons. The van der Waals surface area contributed by atoms with Gasteiger partial charge < -0.3 is 19.4 Å². The molecular weight excluding hydrogens is 1000 g/mol. The number of quaternary nitrogens is 1. The molecule has 0 saturated carbocycles. The average molecular weight is 1120 g/mol. The van der Waals surface area contributed by atoms with Crippen LogP contribution in [0.2, 0.25) is 0 Å². The van der Waals surface area contributed by atoms with Gasteiger partial charge in [0.15, 0.2) is 0 Å². The molecule has 452 valence electrons. The van der Waals surface area contributed by atoms with Crippen molar-refractivity contribution in [2.45, 2.75) is 264 Å². The highest BCUT2D eigenvalue weighted by atomic mass is 31.2. The second-order valence-electron chi connectivity index (χ2n) is 22.2. The van der Waals surface area contributed by atoms with E-state index in [0.29, 0.717) is 30.3 Å². The third kappa shape index (κ3) is 58.9. The molecule has 3 atom stereocenters. The number of amides is 1. The summed E-state index contributed by atoms with van der Waals surface area (Å²) in [7, 11) is 1.45. The van der Waals surface area contributed by atoms with Crippen LogP contribution in [-0.4, -0.2) is 74.3 Å². The van der Waals surface area contributed by atoms with E-state index in [-0.39, 0.29) is 31.5 Å². The number of esters is 1. The van der Waals surface area contributed by atoms with Crippen LogP contribution in [0.4, 0.5) is 0 Å². The number of ether oxygens (including phenoxy) is 1. The van der Waals surface area contributed by atoms with Gasteiger partial charge >= 0.3 is 13.8 Å². The topological polar surface area (TPSA) is 111 Å². The fraction of sp³-hybridized carbons (Fsp3) is 0.681. The fourth-order valence-corrected chi connectivity index (χ4v) is 9.21. The van der Waals surface area contributed by atoms with Crippen LogP contribution >= 0.6 is 7.82 Å². The molecule has 0 bridgehead atoms. The van der Waals surface area contributed by atoms with E-state index in [9.17, 15) is 19.0 Å². The molecule has 79 heavy (non-hydrogen) atoms. The van der Waals surface area contributed by atoms with Crippen LogP contribution < -0.4 is 5.32 Å². The average Bonchev–Trinajstić information content (AvgIpc) is 3.41. The van der Waals surface area contributed by atoms with Crippen molar-refractivity contribution in [3.63, 3.8) is 0 Å². The van der Waals surface area contributed by atoms with Gasteiger partial charge in [0.1, 0.15) is 19.3 Å². The Bertz CT molecular complexity index is 1770. The maximum absolute atomic E-state index is 13.6. The summed E-state index contributed by atoms with van der Waals surface area (Å²) in [4.78, 5) is 37.8. The van der Waals surface area contributed by atoms with Crippen LogP contribution in [0.3, 0.4) is 0 Å². The summed E-state index contributed by atoms with van der Waals surface area (Å²) in [6, 6.07) is -0.880. The maximum Gasteiger partial charge on any atom is 0.472 e. The normalized spacial score (nSPS) is 14.5. The highest BCUT2D eigenvalue weighted by molar-refractivity contribution is 7.47. The second-order valence-corrected chi connectivity index (χ2v) is 23.6. The number of carbonyl (C=O) groups is 2. The Morgan fingerprint density at radius 3 is 1.24 bits per heavy atom. The van der Waals surface area contributed by atoms with Gasteiger partial charge in [0.05, 0.1) is 33.8 Å². The van der Waals surface area contributed by atoms with Crippen LogP contribution in [-0.2, 0) is 27.9 Å². The Kier molecular flexibility index (Phi) is 55.0. The smallest absolute Gasteiger partial charge is 0.456 e. The Labute approximate surface area is 486 Å². The number of unbranched alkanes of at least 4 members (excludes halogenated alkanes) is 22. The molecule has 0 heterocycles. The van der Waals surface area contributed by atoms with E-state index >= 15 is 0 Å². The van der Waals surface area contributed by atoms with Gasteiger partial charge in [-0.25, -0.2) is 4.57 Å². The number of rotatable bonds is 56. The summed E-state index contributed by atoms with van der Waals surface area (Å²) in [6.45, 7) is 6.82. The van der Waals surface area contributed by atoms with E-state index in [0.717, 1.165) is 122 Å². The molecule has 0 aliphatic rings. The third-order valence-corrected chi connectivity index (χ3v) is 14.4. The predicted molar refractivity (Wildman–Crippen MR) is 341 cm³/mol. The second kappa shape index (κ2) is 57.6. The van der Waals surface area contributed by atoms with Crippen molar-refractivity contribution in [1.82, 2.24) is 5.32 Å². The van der Waals surface area contributed by atoms with Crippen molar-refractivity contribution in [2.75, 3.05) is 40.9 Å². The van der Waals surface area contributed by atoms with E-state index in [1.165, 1.54) is 83.5 Å². The molecule has 9 nitrogen and oxygen atoms in total. The number of nitrogens with zero attached hydrogens (tertiary/aromatic N) is 1. The zero-order valence-corrected chi connectivity index (χ0v) is 52.5. The monoisotopic (exact) mass is 1120 g/mol. The highest BCUT2D eigenvalue weighted by Crippen LogP contribution is 2.43. The van der Waals surface area contributed by atoms with Crippen LogP contribution in [0, 0.1) is 0 Å². The summed E-state index contributed by atoms with van der Waals surface area (Å²) in [5, 5.41) is 3.04. The minimum Gasteiger partial charge on any atom is -0.456 e. The van der Waals surface area contributed by atoms with Crippen molar-refractivity contribution in [3.8, 4) is 0 Å². The molecule has 1 amide bonds. The zero-order chi connectivity index (χ0) is 57.9. The largest absolute Gasteiger partial charge is 0.472 e. The Morgan fingerprint density at radius 2 is 0.810 bits per heavy atom. The van der Waals surface area contributed by atoms with E-state index in [1.807, 2.05) is 33.3 Å². The Hall–Kier alpha value is -3.59. The first-order valence-corrected chi connectivity index (χ1v) is 33.4. The molecule has 0 aromatic rings. The number of allylic oxidation sites excluding steroid dienone is 19. The number of phosphoric acid groups is 1. The molecule has 0 aliphatic carbocycles. The molecule has 0 spiro atoms. The minimum absolute atomic E-state index is 0.0245. The molecule has 0 aromatic carbocycles. The highest BCUT2D eigenvalue weighted by Gasteiger charge is 2.30. The number of phosphoric ester groups is 1. The first-order valence-electron chi connectivity index (χ1n) is 31.9. The summed E-state index contributed by atoms with van der Waals surface area (Å²) in [6.07, 6.45) is 80.5. The van der Waals surface area contributed by atoms with Crippen molar-refractivity contribution in [1.29, 1.82) is 0 Å². The van der Waals surface area contributed by atoms with Gasteiger partial charge in [-0.05, 0) is 122 Å². The third-order valence-electron chi connectivity index (χ3n) is 13.4. The van der Waals surface area contributed by atoms with Gasteiger partial charge in [0.2, 0.25) is 5.91 Å². The summed E-state index contributed by atoms with van der Waals surface area (Å²) in [5.74, 6) is -0.566. The van der Waals surface area contributed by atoms with Gasteiger partial charge in [-0.15, -0.1) is 0 Å². The number of likely N-dealkylation sites (N-methyl/N-ethyl adjacent to an activating group) is 1. The summed E-state index contributed by atoms with van der Waals surface area (Å²) < 4.78 is 30.7. The molecular formula is C69H120N2O7P+. The van der Waals surface area contributed by atoms with Crippen LogP contribution in [0.25, 0.3) is 0 Å². The predicted octanol–water partition coefficient (Wildman–Crippen LogP) is 19.9. The van der Waals surface area contributed by atoms with Gasteiger partial charge in [-0.2, -0.15) is 0 Å². The molecule has 0 fully saturated rings. The number of carbonyl (C=O) groups excluding carboxylic acids is 2. The quantitative estimate of drug-likeness (QED) is 0.0205. The Balaban J connectivity index is 5.36. The molecule has 0 rings (SSSR count). The van der Waals surface area contributed by atoms with Crippen LogP contribution in [0.1, 0.15) is 252 Å². The fourth-order valence-electron chi connectivity index (χ4n) is 8.48. The molecule has 0 aliphatic heterocycles. The number of hydrogen-bond donors (Lipinski definition) is 2. The van der Waals surface area contributed by atoms with Gasteiger partial charge in [-0.1, -0.05) is 239 Å². The van der Waals surface area contributed by atoms with Crippen LogP contribution in [0.15, 0.2) is 122 Å². The molecule has 10 heteroatoms. The van der Waals surface area contributed by atoms with E-state index < -0.39 is 20.0 Å². The van der Waals surface area contributed by atoms with Crippen molar-refractivity contribution in [3.05, 3.63) is 122 Å². The lowest BCUT2D eigenvalue weighted by molar-refractivity contribution is -0.870. The standard InChI is InChI=1S/C69H119N2O7P/c1-7-10-13-16-19-22-25-28-30-32-33-34-35-36-37-39-40-43-46-49-52-55-58-61-68(72)70-66(65-77-79(74,75)76-64-63-71(4,5)6)67(60-57-54-51-48-45-42-27-24-21-18-15-12-9-3)78-69(73)62-59-56-53-50-47-44-41-38-31-29-26-23-20-17-14-11-8-2/h10,13,19-20,22-23,28-31,33-34,36-37,40-41,43-44,57,60,66-67H,7-9,11-12,14-18,21,24-27,32,35,38-39,42,45-56,58-59,61-65H2,1-6H3,(H-,70,72,74,75)/p+1/b13-10-,22-19-,23-20-,30-28-,31-29-,34-33-,37-36-,43-40-,44-41-,60-57-. The molecule has 3 unspecified atom stereocenters. The van der Waals surface area contributed by atoms with E-state index in [1.54, 1.807) is 0 Å². The van der Waals surface area contributed by atoms with Crippen LogP contribution in [0.5, 0.6) is 0 Å². The minimum atomic E-state index is -4.47. The lowest BCUT2D eigenvalue weighted by Crippen LogP contribution is -2.47. The van der Waals surface area contributed by atoms with Gasteiger partial charge in [0.25, 0.3) is 0 Å². The van der Waals surface area contributed by atoms with Gasteiger partial charge in [0, 0.05) is 12.8 Å². The number of hydrogen-bond acceptors (Lipinski definition) is 6. The van der Waals surface area contributed by atoms with Crippen molar-refractivity contribution in [2.24, 2.45) is 0 Å². The van der Waals surface area contributed by atoms with Crippen molar-refractivity contribution < 1.29 is 37.3 Å². The first-order chi connectivity index (χ1) is 38.4. The van der Waals surface area contributed by atoms with E-state index in [2.05, 4.69) is 135 Å². The van der Waals surface area contributed by atoms with Gasteiger partial charge in [-0.3, -0.25) is 18.6 Å². The van der Waals surface area contributed by atoms with Crippen molar-refractivity contribution >= 4 is 19.7 Å².